The quantitative estimate of drug-likeness (QED) is 0.624. The first-order valence-corrected chi connectivity index (χ1v) is 8.45. The summed E-state index contributed by atoms with van der Waals surface area (Å²) in [5.41, 5.74) is 0. The Kier molecular flexibility index (Phi) is 6.13. The van der Waals surface area contributed by atoms with Gasteiger partial charge in [-0.1, -0.05) is 19.1 Å². The number of H-pyrrole nitrogens is 1. The molecule has 0 unspecified atom stereocenters. The summed E-state index contributed by atoms with van der Waals surface area (Å²) in [6.07, 6.45) is 4.04. The van der Waals surface area contributed by atoms with Crippen molar-refractivity contribution in [1.29, 1.82) is 0 Å². The van der Waals surface area contributed by atoms with E-state index in [0.29, 0.717) is 10.7 Å². The summed E-state index contributed by atoms with van der Waals surface area (Å²) in [6.45, 7) is 5.82. The number of nitrogens with one attached hydrogen (secondary N) is 2. The fourth-order valence-corrected chi connectivity index (χ4v) is 3.16. The van der Waals surface area contributed by atoms with Crippen molar-refractivity contribution in [3.63, 3.8) is 0 Å². The van der Waals surface area contributed by atoms with Gasteiger partial charge in [0.25, 0.3) is 0 Å². The number of hydrogen-bond acceptors (Lipinski definition) is 5. The number of piperidine rings is 1. The predicted octanol–water partition coefficient (Wildman–Crippen LogP) is 2.77. The average Bonchev–Trinajstić information content (AvgIpc) is 2.41. The predicted molar refractivity (Wildman–Crippen MR) is 85.5 cm³/mol. The van der Waals surface area contributed by atoms with Crippen molar-refractivity contribution in [2.75, 3.05) is 36.5 Å². The highest BCUT2D eigenvalue weighted by molar-refractivity contribution is 7.99. The number of rotatable bonds is 6. The van der Waals surface area contributed by atoms with Gasteiger partial charge in [0.05, 0.1) is 6.33 Å². The van der Waals surface area contributed by atoms with Crippen molar-refractivity contribution in [1.82, 2.24) is 14.9 Å². The molecule has 0 amide bonds. The van der Waals surface area contributed by atoms with Crippen molar-refractivity contribution >= 4 is 29.8 Å². The molecule has 0 aromatic carbocycles. The number of hydrogen-bond donors (Lipinski definition) is 2. The number of anilines is 1. The number of aromatic nitrogens is 2. The Hall–Kier alpha value is -0.590. The van der Waals surface area contributed by atoms with Gasteiger partial charge >= 0.3 is 0 Å². The lowest BCUT2D eigenvalue weighted by atomic mass is 10.1. The SMILES string of the molecule is CCSCCN1CCC(Nc2cc(=S)nc[nH]2)CC1. The van der Waals surface area contributed by atoms with Crippen LogP contribution in [0.3, 0.4) is 0 Å². The third kappa shape index (κ3) is 5.12. The molecule has 2 rings (SSSR count). The monoisotopic (exact) mass is 298 g/mol. The van der Waals surface area contributed by atoms with E-state index in [-0.39, 0.29) is 0 Å². The maximum Gasteiger partial charge on any atom is 0.131 e. The minimum atomic E-state index is 0.545. The molecule has 19 heavy (non-hydrogen) atoms. The van der Waals surface area contributed by atoms with E-state index in [2.05, 4.69) is 27.1 Å². The first-order chi connectivity index (χ1) is 9.28. The van der Waals surface area contributed by atoms with Crippen LogP contribution in [0.4, 0.5) is 5.82 Å². The van der Waals surface area contributed by atoms with Gasteiger partial charge in [-0.2, -0.15) is 11.8 Å². The second-order valence-corrected chi connectivity index (χ2v) is 6.57. The van der Waals surface area contributed by atoms with E-state index in [9.17, 15) is 0 Å². The fraction of sp³-hybridized carbons (Fsp3) is 0.692. The summed E-state index contributed by atoms with van der Waals surface area (Å²) in [7, 11) is 0. The van der Waals surface area contributed by atoms with Crippen LogP contribution in [-0.4, -0.2) is 52.0 Å². The van der Waals surface area contributed by atoms with Crippen molar-refractivity contribution in [2.24, 2.45) is 0 Å². The first-order valence-electron chi connectivity index (χ1n) is 6.89. The van der Waals surface area contributed by atoms with Crippen molar-refractivity contribution in [3.8, 4) is 0 Å². The van der Waals surface area contributed by atoms with Gasteiger partial charge in [0.1, 0.15) is 10.5 Å². The molecule has 0 saturated carbocycles. The number of aromatic amines is 1. The normalized spacial score (nSPS) is 17.5. The van der Waals surface area contributed by atoms with Crippen LogP contribution in [0.15, 0.2) is 12.4 Å². The largest absolute Gasteiger partial charge is 0.369 e. The molecule has 1 fully saturated rings. The Bertz CT molecular complexity index is 427. The van der Waals surface area contributed by atoms with Crippen molar-refractivity contribution in [3.05, 3.63) is 17.0 Å². The molecule has 2 N–H and O–H groups in total. The molecule has 6 heteroatoms. The Morgan fingerprint density at radius 2 is 2.32 bits per heavy atom. The van der Waals surface area contributed by atoms with Gasteiger partial charge in [-0.05, 0) is 18.6 Å². The van der Waals surface area contributed by atoms with Gasteiger partial charge in [0.15, 0.2) is 0 Å². The molecule has 0 aliphatic carbocycles. The maximum atomic E-state index is 5.06. The highest BCUT2D eigenvalue weighted by Crippen LogP contribution is 2.15. The molecule has 1 saturated heterocycles. The number of likely N-dealkylation sites (tertiary alicyclic amines) is 1. The van der Waals surface area contributed by atoms with Crippen LogP contribution in [0.2, 0.25) is 0 Å². The van der Waals surface area contributed by atoms with Gasteiger partial charge < -0.3 is 15.2 Å². The zero-order valence-corrected chi connectivity index (χ0v) is 13.0. The Balaban J connectivity index is 1.73. The van der Waals surface area contributed by atoms with Crippen LogP contribution in [-0.2, 0) is 0 Å². The molecule has 4 nitrogen and oxygen atoms in total. The molecule has 1 aromatic heterocycles. The van der Waals surface area contributed by atoms with E-state index in [1.807, 2.05) is 17.8 Å². The highest BCUT2D eigenvalue weighted by atomic mass is 32.2. The summed E-state index contributed by atoms with van der Waals surface area (Å²) in [5, 5.41) is 3.52. The van der Waals surface area contributed by atoms with E-state index < -0.39 is 0 Å². The molecule has 0 bridgehead atoms. The minimum absolute atomic E-state index is 0.545. The topological polar surface area (TPSA) is 44.0 Å². The molecular formula is C13H22N4S2. The molecule has 2 heterocycles. The number of nitrogens with zero attached hydrogens (tertiary/aromatic N) is 2. The highest BCUT2D eigenvalue weighted by Gasteiger charge is 2.18. The Morgan fingerprint density at radius 3 is 3.00 bits per heavy atom. The Labute approximate surface area is 124 Å². The first kappa shape index (κ1) is 14.8. The molecule has 0 atom stereocenters. The molecule has 0 spiro atoms. The second kappa shape index (κ2) is 7.87. The summed E-state index contributed by atoms with van der Waals surface area (Å²) in [5.74, 6) is 3.46. The standard InChI is InChI=1S/C13H22N4S2/c1-2-19-8-7-17-5-3-11(4-6-17)16-12-9-13(18)15-10-14-12/h9-11H,2-8H2,1H3,(H2,14,15,16,18). The lowest BCUT2D eigenvalue weighted by Gasteiger charge is -2.32. The van der Waals surface area contributed by atoms with Crippen LogP contribution in [0.1, 0.15) is 19.8 Å². The number of thioether (sulfide) groups is 1. The molecule has 106 valence electrons. The lowest BCUT2D eigenvalue weighted by molar-refractivity contribution is 0.231. The van der Waals surface area contributed by atoms with Crippen LogP contribution >= 0.6 is 24.0 Å². The molecule has 0 radical (unpaired) electrons. The van der Waals surface area contributed by atoms with Gasteiger partial charge in [-0.15, -0.1) is 0 Å². The molecule has 1 aromatic rings. The smallest absolute Gasteiger partial charge is 0.131 e. The van der Waals surface area contributed by atoms with Crippen LogP contribution in [0.25, 0.3) is 0 Å². The van der Waals surface area contributed by atoms with E-state index in [4.69, 9.17) is 12.2 Å². The van der Waals surface area contributed by atoms with Crippen LogP contribution in [0, 0.1) is 4.64 Å². The van der Waals surface area contributed by atoms with Crippen molar-refractivity contribution < 1.29 is 0 Å². The van der Waals surface area contributed by atoms with Gasteiger partial charge in [0, 0.05) is 37.5 Å². The zero-order chi connectivity index (χ0) is 13.5. The summed E-state index contributed by atoms with van der Waals surface area (Å²) < 4.78 is 0.635. The maximum absolute atomic E-state index is 5.06. The van der Waals surface area contributed by atoms with Crippen molar-refractivity contribution in [2.45, 2.75) is 25.8 Å². The minimum Gasteiger partial charge on any atom is -0.369 e. The third-order valence-electron chi connectivity index (χ3n) is 3.38. The zero-order valence-electron chi connectivity index (χ0n) is 11.4. The molecular weight excluding hydrogens is 276 g/mol. The Morgan fingerprint density at radius 1 is 1.53 bits per heavy atom. The lowest BCUT2D eigenvalue weighted by Crippen LogP contribution is -2.40. The van der Waals surface area contributed by atoms with Gasteiger partial charge in [0.2, 0.25) is 0 Å². The van der Waals surface area contributed by atoms with E-state index in [1.165, 1.54) is 44.0 Å². The van der Waals surface area contributed by atoms with Gasteiger partial charge in [-0.3, -0.25) is 0 Å². The summed E-state index contributed by atoms with van der Waals surface area (Å²) in [6, 6.07) is 2.43. The van der Waals surface area contributed by atoms with E-state index in [1.54, 1.807) is 6.33 Å². The van der Waals surface area contributed by atoms with E-state index >= 15 is 0 Å². The molecule has 1 aliphatic rings. The fourth-order valence-electron chi connectivity index (χ4n) is 2.31. The summed E-state index contributed by atoms with van der Waals surface area (Å²) >= 11 is 7.09. The average molecular weight is 298 g/mol. The van der Waals surface area contributed by atoms with Crippen LogP contribution < -0.4 is 5.32 Å². The van der Waals surface area contributed by atoms with Gasteiger partial charge in [-0.25, -0.2) is 4.98 Å². The van der Waals surface area contributed by atoms with E-state index in [0.717, 1.165) is 5.82 Å². The summed E-state index contributed by atoms with van der Waals surface area (Å²) in [4.78, 5) is 9.66. The van der Waals surface area contributed by atoms with Crippen LogP contribution in [0.5, 0.6) is 0 Å². The second-order valence-electron chi connectivity index (χ2n) is 4.76. The molecule has 1 aliphatic heterocycles. The third-order valence-corrected chi connectivity index (χ3v) is 4.49.